The van der Waals surface area contributed by atoms with Crippen LogP contribution in [0.1, 0.15) is 19.8 Å². The number of anilines is 1. The molecule has 0 aliphatic carbocycles. The Morgan fingerprint density at radius 3 is 2.57 bits per heavy atom. The number of aromatic nitrogens is 1. The van der Waals surface area contributed by atoms with Crippen molar-refractivity contribution in [1.29, 1.82) is 0 Å². The van der Waals surface area contributed by atoms with Crippen LogP contribution in [0.15, 0.2) is 35.1 Å². The Kier molecular flexibility index (Phi) is 3.91. The predicted molar refractivity (Wildman–Crippen MR) is 90.7 cm³/mol. The number of hydrogen-bond donors (Lipinski definition) is 3. The van der Waals surface area contributed by atoms with Gasteiger partial charge in [0, 0.05) is 30.1 Å². The van der Waals surface area contributed by atoms with Crippen molar-refractivity contribution in [2.75, 3.05) is 18.0 Å². The van der Waals surface area contributed by atoms with Crippen LogP contribution in [-0.2, 0) is 10.2 Å². The fraction of sp³-hybridized carbons (Fsp3) is 0.400. The Balaban J connectivity index is 1.87. The molecule has 2 aromatic rings. The van der Waals surface area contributed by atoms with E-state index in [4.69, 9.17) is 5.14 Å². The minimum Gasteiger partial charge on any atom is -0.371 e. The lowest BCUT2D eigenvalue weighted by Gasteiger charge is -2.40. The molecular weight excluding hydrogens is 316 g/mol. The van der Waals surface area contributed by atoms with Crippen LogP contribution in [0.5, 0.6) is 0 Å². The molecular formula is C15H20N4O3S. The molecule has 0 atom stereocenters. The van der Waals surface area contributed by atoms with E-state index in [1.54, 1.807) is 6.07 Å². The van der Waals surface area contributed by atoms with Crippen LogP contribution >= 0.6 is 0 Å². The average molecular weight is 336 g/mol. The van der Waals surface area contributed by atoms with Gasteiger partial charge in [0.25, 0.3) is 10.2 Å². The highest BCUT2D eigenvalue weighted by Crippen LogP contribution is 2.29. The number of nitrogens with zero attached hydrogens (tertiary/aromatic N) is 1. The minimum atomic E-state index is -3.73. The predicted octanol–water partition coefficient (Wildman–Crippen LogP) is 0.680. The number of nitrogens with one attached hydrogen (secondary N) is 2. The van der Waals surface area contributed by atoms with Crippen LogP contribution in [0.25, 0.3) is 10.9 Å². The van der Waals surface area contributed by atoms with Gasteiger partial charge in [0.15, 0.2) is 0 Å². The number of piperidine rings is 1. The number of rotatable bonds is 3. The van der Waals surface area contributed by atoms with Gasteiger partial charge in [-0.2, -0.15) is 13.1 Å². The van der Waals surface area contributed by atoms with Gasteiger partial charge in [-0.1, -0.05) is 18.2 Å². The Morgan fingerprint density at radius 1 is 1.26 bits per heavy atom. The molecule has 4 N–H and O–H groups in total. The van der Waals surface area contributed by atoms with E-state index in [9.17, 15) is 13.2 Å². The molecule has 1 fully saturated rings. The molecule has 0 unspecified atom stereocenters. The van der Waals surface area contributed by atoms with Gasteiger partial charge in [0.2, 0.25) is 5.56 Å². The number of H-pyrrole nitrogens is 1. The van der Waals surface area contributed by atoms with Gasteiger partial charge < -0.3 is 9.88 Å². The third-order valence-electron chi connectivity index (χ3n) is 4.33. The van der Waals surface area contributed by atoms with E-state index in [0.717, 1.165) is 16.6 Å². The van der Waals surface area contributed by atoms with E-state index < -0.39 is 15.7 Å². The third-order valence-corrected chi connectivity index (χ3v) is 5.10. The van der Waals surface area contributed by atoms with E-state index in [1.165, 1.54) is 0 Å². The lowest BCUT2D eigenvalue weighted by atomic mass is 9.90. The monoisotopic (exact) mass is 336 g/mol. The molecule has 7 nitrogen and oxygen atoms in total. The number of aromatic amines is 1. The zero-order chi connectivity index (χ0) is 16.7. The number of hydrogen-bond acceptors (Lipinski definition) is 4. The van der Waals surface area contributed by atoms with E-state index >= 15 is 0 Å². The fourth-order valence-electron chi connectivity index (χ4n) is 3.13. The highest BCUT2D eigenvalue weighted by molar-refractivity contribution is 7.87. The van der Waals surface area contributed by atoms with Crippen LogP contribution < -0.4 is 20.3 Å². The molecule has 1 saturated heterocycles. The largest absolute Gasteiger partial charge is 0.371 e. The zero-order valence-corrected chi connectivity index (χ0v) is 13.7. The second-order valence-electron chi connectivity index (χ2n) is 6.26. The molecule has 0 saturated carbocycles. The smallest absolute Gasteiger partial charge is 0.274 e. The average Bonchev–Trinajstić information content (AvgIpc) is 2.45. The van der Waals surface area contributed by atoms with Gasteiger partial charge in [-0.15, -0.1) is 0 Å². The first-order valence-corrected chi connectivity index (χ1v) is 8.99. The molecule has 1 aromatic carbocycles. The summed E-state index contributed by atoms with van der Waals surface area (Å²) >= 11 is 0. The second kappa shape index (κ2) is 5.63. The first kappa shape index (κ1) is 16.0. The fourth-order valence-corrected chi connectivity index (χ4v) is 4.03. The van der Waals surface area contributed by atoms with Crippen molar-refractivity contribution in [2.45, 2.75) is 25.3 Å². The lowest BCUT2D eigenvalue weighted by Crippen LogP contribution is -2.55. The normalized spacial score (nSPS) is 18.3. The highest BCUT2D eigenvalue weighted by Gasteiger charge is 2.33. The Morgan fingerprint density at radius 2 is 1.91 bits per heavy atom. The number of nitrogens with two attached hydrogens (primary N) is 1. The Labute approximate surface area is 134 Å². The highest BCUT2D eigenvalue weighted by atomic mass is 32.2. The molecule has 2 heterocycles. The Bertz CT molecular complexity index is 883. The molecule has 0 bridgehead atoms. The first-order valence-electron chi connectivity index (χ1n) is 7.45. The lowest BCUT2D eigenvalue weighted by molar-refractivity contribution is 0.330. The zero-order valence-electron chi connectivity index (χ0n) is 12.9. The van der Waals surface area contributed by atoms with Crippen LogP contribution in [0.4, 0.5) is 5.69 Å². The third kappa shape index (κ3) is 3.54. The van der Waals surface area contributed by atoms with Crippen LogP contribution in [0.2, 0.25) is 0 Å². The van der Waals surface area contributed by atoms with Crippen LogP contribution in [0, 0.1) is 0 Å². The standard InChI is InChI=1S/C15H20N4O3S/c1-15(18-23(16,21)22)6-8-19(9-7-15)13-10-14(20)17-12-5-3-2-4-11(12)13/h2-5,10,18H,6-9H2,1H3,(H,17,20)(H2,16,21,22). The van der Waals surface area contributed by atoms with Crippen molar-refractivity contribution in [1.82, 2.24) is 9.71 Å². The summed E-state index contributed by atoms with van der Waals surface area (Å²) in [4.78, 5) is 16.8. The van der Waals surface area contributed by atoms with Crippen molar-refractivity contribution in [3.05, 3.63) is 40.7 Å². The molecule has 0 spiro atoms. The van der Waals surface area contributed by atoms with E-state index in [-0.39, 0.29) is 5.56 Å². The molecule has 0 amide bonds. The molecule has 1 aliphatic rings. The molecule has 8 heteroatoms. The maximum atomic E-state index is 11.9. The summed E-state index contributed by atoms with van der Waals surface area (Å²) in [7, 11) is -3.73. The molecule has 23 heavy (non-hydrogen) atoms. The van der Waals surface area contributed by atoms with Crippen molar-refractivity contribution in [2.24, 2.45) is 5.14 Å². The summed E-state index contributed by atoms with van der Waals surface area (Å²) in [5.41, 5.74) is 0.976. The second-order valence-corrected chi connectivity index (χ2v) is 7.55. The van der Waals surface area contributed by atoms with Crippen molar-refractivity contribution >= 4 is 26.8 Å². The van der Waals surface area contributed by atoms with Crippen molar-refractivity contribution in [3.63, 3.8) is 0 Å². The maximum absolute atomic E-state index is 11.9. The summed E-state index contributed by atoms with van der Waals surface area (Å²) in [6.45, 7) is 3.14. The van der Waals surface area contributed by atoms with Gasteiger partial charge in [0.05, 0.1) is 11.2 Å². The van der Waals surface area contributed by atoms with Gasteiger partial charge in [-0.25, -0.2) is 5.14 Å². The van der Waals surface area contributed by atoms with E-state index in [2.05, 4.69) is 14.6 Å². The topological polar surface area (TPSA) is 108 Å². The quantitative estimate of drug-likeness (QED) is 0.766. The number of pyridine rings is 1. The maximum Gasteiger partial charge on any atom is 0.274 e. The van der Waals surface area contributed by atoms with Crippen LogP contribution in [0.3, 0.4) is 0 Å². The number of para-hydroxylation sites is 1. The minimum absolute atomic E-state index is 0.144. The van der Waals surface area contributed by atoms with E-state index in [0.29, 0.717) is 25.9 Å². The number of fused-ring (bicyclic) bond motifs is 1. The summed E-state index contributed by atoms with van der Waals surface area (Å²) < 4.78 is 25.1. The van der Waals surface area contributed by atoms with Gasteiger partial charge in [-0.05, 0) is 25.8 Å². The summed E-state index contributed by atoms with van der Waals surface area (Å²) in [5.74, 6) is 0. The van der Waals surface area contributed by atoms with Crippen molar-refractivity contribution in [3.8, 4) is 0 Å². The van der Waals surface area contributed by atoms with Gasteiger partial charge in [0.1, 0.15) is 0 Å². The summed E-state index contributed by atoms with van der Waals surface area (Å²) in [5, 5.41) is 6.08. The molecule has 0 radical (unpaired) electrons. The van der Waals surface area contributed by atoms with Crippen LogP contribution in [-0.4, -0.2) is 32.0 Å². The molecule has 1 aromatic heterocycles. The first-order chi connectivity index (χ1) is 10.8. The molecule has 124 valence electrons. The SMILES string of the molecule is CC1(NS(N)(=O)=O)CCN(c2cc(=O)[nH]c3ccccc23)CC1. The number of benzene rings is 1. The molecule has 3 rings (SSSR count). The van der Waals surface area contributed by atoms with Gasteiger partial charge >= 0.3 is 0 Å². The van der Waals surface area contributed by atoms with Crippen molar-refractivity contribution < 1.29 is 8.42 Å². The van der Waals surface area contributed by atoms with E-state index in [1.807, 2.05) is 31.2 Å². The summed E-state index contributed by atoms with van der Waals surface area (Å²) in [6, 6.07) is 9.25. The Hall–Kier alpha value is -1.90. The summed E-state index contributed by atoms with van der Waals surface area (Å²) in [6.07, 6.45) is 1.23. The molecule has 1 aliphatic heterocycles. The van der Waals surface area contributed by atoms with Gasteiger partial charge in [-0.3, -0.25) is 4.79 Å².